The number of anilines is 2. The van der Waals surface area contributed by atoms with Gasteiger partial charge >= 0.3 is 0 Å². The summed E-state index contributed by atoms with van der Waals surface area (Å²) in [5.41, 5.74) is 0.184. The zero-order chi connectivity index (χ0) is 42.7. The molecule has 0 bridgehead atoms. The van der Waals surface area contributed by atoms with Crippen molar-refractivity contribution in [3.63, 3.8) is 0 Å². The third-order valence-corrected chi connectivity index (χ3v) is 13.3. The number of piperazine rings is 1. The molecule has 4 fully saturated rings. The lowest BCUT2D eigenvalue weighted by atomic mass is 9.49. The highest BCUT2D eigenvalue weighted by Gasteiger charge is 2.64. The van der Waals surface area contributed by atoms with Crippen LogP contribution in [0.15, 0.2) is 42.7 Å². The van der Waals surface area contributed by atoms with E-state index >= 15 is 4.39 Å². The summed E-state index contributed by atoms with van der Waals surface area (Å²) < 4.78 is 21.8. The third kappa shape index (κ3) is 7.42. The summed E-state index contributed by atoms with van der Waals surface area (Å²) in [6.45, 7) is 13.4. The highest BCUT2D eigenvalue weighted by molar-refractivity contribution is 6.31. The molecule has 5 amide bonds. The van der Waals surface area contributed by atoms with Crippen molar-refractivity contribution in [2.75, 3.05) is 55.6 Å². The summed E-state index contributed by atoms with van der Waals surface area (Å²) in [6, 6.07) is 8.28. The zero-order valence-corrected chi connectivity index (χ0v) is 34.7. The van der Waals surface area contributed by atoms with Crippen LogP contribution < -0.4 is 25.2 Å². The second-order valence-corrected chi connectivity index (χ2v) is 18.0. The average Bonchev–Trinajstić information content (AvgIpc) is 3.46. The lowest BCUT2D eigenvalue weighted by Gasteiger charge is -2.63. The van der Waals surface area contributed by atoms with E-state index in [2.05, 4.69) is 64.2 Å². The molecule has 60 heavy (non-hydrogen) atoms. The van der Waals surface area contributed by atoms with Gasteiger partial charge in [0.25, 0.3) is 17.7 Å². The van der Waals surface area contributed by atoms with E-state index in [9.17, 15) is 29.2 Å². The van der Waals surface area contributed by atoms with Gasteiger partial charge in [0.05, 0.1) is 33.0 Å². The number of halogens is 2. The maximum Gasteiger partial charge on any atom is 0.262 e. The van der Waals surface area contributed by atoms with Crippen molar-refractivity contribution in [2.45, 2.75) is 71.6 Å². The van der Waals surface area contributed by atoms with Crippen molar-refractivity contribution < 1.29 is 33.1 Å². The molecule has 2 aromatic carbocycles. The Morgan fingerprint density at radius 2 is 1.58 bits per heavy atom. The van der Waals surface area contributed by atoms with Gasteiger partial charge in [-0.05, 0) is 49.4 Å². The summed E-state index contributed by atoms with van der Waals surface area (Å²) in [4.78, 5) is 80.3. The SMILES string of the molecule is CC1(C)C(NC(=O)c2cnc(N3CCN(CC4CCN(c5cc6c(cc5F)C(=O)N(C5CCC(=O)NC5=O)C6=O)CC4)CC3)nc2)C(C)(C)C1Oc1ccc(C#N)c(Cl)c1. The minimum absolute atomic E-state index is 0.0108. The first-order valence-corrected chi connectivity index (χ1v) is 20.7. The number of hydrogen-bond acceptors (Lipinski definition) is 12. The van der Waals surface area contributed by atoms with Crippen LogP contribution in [0.25, 0.3) is 0 Å². The second kappa shape index (κ2) is 15.7. The van der Waals surface area contributed by atoms with Crippen molar-refractivity contribution >= 4 is 52.8 Å². The molecule has 0 radical (unpaired) electrons. The maximum absolute atomic E-state index is 15.5. The number of imide groups is 2. The average molecular weight is 840 g/mol. The summed E-state index contributed by atoms with van der Waals surface area (Å²) in [5, 5.41) is 14.9. The van der Waals surface area contributed by atoms with Crippen LogP contribution >= 0.6 is 11.6 Å². The van der Waals surface area contributed by atoms with E-state index in [1.54, 1.807) is 30.6 Å². The van der Waals surface area contributed by atoms with Gasteiger partial charge in [0, 0.05) is 87.6 Å². The maximum atomic E-state index is 15.5. The number of aromatic nitrogens is 2. The van der Waals surface area contributed by atoms with Crippen molar-refractivity contribution in [1.29, 1.82) is 5.26 Å². The normalized spacial score (nSPS) is 24.1. The first-order valence-electron chi connectivity index (χ1n) is 20.3. The van der Waals surface area contributed by atoms with Crippen LogP contribution in [0, 0.1) is 33.9 Å². The van der Waals surface area contributed by atoms with Gasteiger partial charge in [-0.3, -0.25) is 39.1 Å². The number of carbonyl (C=O) groups is 5. The second-order valence-electron chi connectivity index (χ2n) is 17.6. The van der Waals surface area contributed by atoms with Crippen molar-refractivity contribution in [1.82, 2.24) is 30.4 Å². The molecule has 3 saturated heterocycles. The third-order valence-electron chi connectivity index (χ3n) is 13.0. The van der Waals surface area contributed by atoms with E-state index in [1.165, 1.54) is 6.07 Å². The summed E-state index contributed by atoms with van der Waals surface area (Å²) in [6.07, 6.45) is 4.60. The van der Waals surface area contributed by atoms with E-state index in [4.69, 9.17) is 16.3 Å². The molecule has 0 spiro atoms. The van der Waals surface area contributed by atoms with Gasteiger partial charge in [0.1, 0.15) is 29.8 Å². The van der Waals surface area contributed by atoms with E-state index in [0.29, 0.717) is 46.9 Å². The molecule has 17 heteroatoms. The summed E-state index contributed by atoms with van der Waals surface area (Å²) in [5.74, 6) is -1.87. The Morgan fingerprint density at radius 1 is 0.933 bits per heavy atom. The molecule has 3 aromatic rings. The number of hydrogen-bond donors (Lipinski definition) is 2. The fourth-order valence-electron chi connectivity index (χ4n) is 9.99. The predicted molar refractivity (Wildman–Crippen MR) is 218 cm³/mol. The van der Waals surface area contributed by atoms with Crippen LogP contribution in [0.1, 0.15) is 90.0 Å². The molecular weight excluding hydrogens is 793 g/mol. The van der Waals surface area contributed by atoms with E-state index in [0.717, 1.165) is 56.5 Å². The quantitative estimate of drug-likeness (QED) is 0.294. The van der Waals surface area contributed by atoms with Crippen molar-refractivity contribution in [3.05, 3.63) is 75.8 Å². The molecule has 1 unspecified atom stereocenters. The molecule has 8 rings (SSSR count). The monoisotopic (exact) mass is 839 g/mol. The highest BCUT2D eigenvalue weighted by atomic mass is 35.5. The molecule has 1 atom stereocenters. The fraction of sp³-hybridized carbons (Fsp3) is 0.488. The van der Waals surface area contributed by atoms with Gasteiger partial charge in [-0.2, -0.15) is 5.26 Å². The molecule has 5 aliphatic rings. The molecular formula is C43H47ClFN9O6. The number of rotatable bonds is 9. The topological polar surface area (TPSA) is 181 Å². The van der Waals surface area contributed by atoms with Crippen LogP contribution in [0.5, 0.6) is 5.75 Å². The van der Waals surface area contributed by atoms with Crippen molar-refractivity contribution in [3.8, 4) is 11.8 Å². The number of fused-ring (bicyclic) bond motifs is 1. The predicted octanol–water partition coefficient (Wildman–Crippen LogP) is 4.19. The lowest BCUT2D eigenvalue weighted by Crippen LogP contribution is -2.74. The molecule has 314 valence electrons. The summed E-state index contributed by atoms with van der Waals surface area (Å²) in [7, 11) is 0. The summed E-state index contributed by atoms with van der Waals surface area (Å²) >= 11 is 6.24. The minimum Gasteiger partial charge on any atom is -0.489 e. The zero-order valence-electron chi connectivity index (χ0n) is 34.0. The first kappa shape index (κ1) is 41.1. The van der Waals surface area contributed by atoms with Crippen molar-refractivity contribution in [2.24, 2.45) is 16.7 Å². The number of benzene rings is 2. The van der Waals surface area contributed by atoms with E-state index in [1.807, 2.05) is 4.90 Å². The number of amides is 5. The van der Waals surface area contributed by atoms with E-state index < -0.39 is 46.3 Å². The number of ether oxygens (including phenoxy) is 1. The Labute approximate surface area is 352 Å². The van der Waals surface area contributed by atoms with Crippen LogP contribution in [-0.4, -0.2) is 113 Å². The highest BCUT2D eigenvalue weighted by Crippen LogP contribution is 2.55. The van der Waals surface area contributed by atoms with Gasteiger partial charge in [0.15, 0.2) is 0 Å². The standard InChI is InChI=1S/C43H47ClFN9O6/c1-42(2)39(43(3,4)40(42)60-27-6-5-25(20-46)30(44)17-27)50-35(56)26-21-47-41(48-22-26)53-15-13-51(14-16-53)23-24-9-11-52(12-10-24)33-19-29-28(18-31(33)45)37(58)54(38(29)59)32-7-8-34(55)49-36(32)57/h5-6,17-19,21-22,24,32,39-40H,7-16,23H2,1-4H3,(H,50,56)(H,49,55,57). The molecule has 1 saturated carbocycles. The Bertz CT molecular complexity index is 2280. The molecule has 15 nitrogen and oxygen atoms in total. The largest absolute Gasteiger partial charge is 0.489 e. The molecule has 1 aromatic heterocycles. The number of nitrogens with one attached hydrogen (secondary N) is 2. The van der Waals surface area contributed by atoms with Gasteiger partial charge in [-0.15, -0.1) is 0 Å². The lowest BCUT2D eigenvalue weighted by molar-refractivity contribution is -0.164. The van der Waals surface area contributed by atoms with Crippen LogP contribution in [0.4, 0.5) is 16.0 Å². The van der Waals surface area contributed by atoms with Gasteiger partial charge in [-0.25, -0.2) is 14.4 Å². The molecule has 2 N–H and O–H groups in total. The molecule has 1 aliphatic carbocycles. The Morgan fingerprint density at radius 3 is 2.20 bits per heavy atom. The number of piperidine rings is 2. The number of nitrogens with zero attached hydrogens (tertiary/aromatic N) is 7. The minimum atomic E-state index is -1.11. The number of nitriles is 1. The molecule has 5 heterocycles. The van der Waals surface area contributed by atoms with Gasteiger partial charge in [0.2, 0.25) is 17.8 Å². The Hall–Kier alpha value is -5.66. The number of carbonyl (C=O) groups excluding carboxylic acids is 5. The van der Waals surface area contributed by atoms with Crippen LogP contribution in [0.2, 0.25) is 5.02 Å². The Kier molecular flexibility index (Phi) is 10.8. The van der Waals surface area contributed by atoms with E-state index in [-0.39, 0.29) is 47.7 Å². The fourth-order valence-corrected chi connectivity index (χ4v) is 10.2. The smallest absolute Gasteiger partial charge is 0.262 e. The Balaban J connectivity index is 0.800. The van der Waals surface area contributed by atoms with Crippen LogP contribution in [-0.2, 0) is 9.59 Å². The first-order chi connectivity index (χ1) is 28.6. The van der Waals surface area contributed by atoms with Gasteiger partial charge in [-0.1, -0.05) is 39.3 Å². The van der Waals surface area contributed by atoms with Crippen LogP contribution in [0.3, 0.4) is 0 Å². The molecule has 4 aliphatic heterocycles. The van der Waals surface area contributed by atoms with Gasteiger partial charge < -0.3 is 19.9 Å².